The SMILES string of the molecule is COc1cccn(Cc2ccc(C(=O)N(C)C)o2)c1=O. The van der Waals surface area contributed by atoms with E-state index in [2.05, 4.69) is 0 Å². The van der Waals surface area contributed by atoms with E-state index in [1.807, 2.05) is 0 Å². The van der Waals surface area contributed by atoms with Gasteiger partial charge in [-0.05, 0) is 24.3 Å². The van der Waals surface area contributed by atoms with Crippen molar-refractivity contribution in [3.05, 3.63) is 52.3 Å². The maximum Gasteiger partial charge on any atom is 0.293 e. The third kappa shape index (κ3) is 2.74. The summed E-state index contributed by atoms with van der Waals surface area (Å²) in [7, 11) is 4.75. The maximum absolute atomic E-state index is 12.0. The zero-order valence-electron chi connectivity index (χ0n) is 11.6. The summed E-state index contributed by atoms with van der Waals surface area (Å²) in [6.07, 6.45) is 1.64. The van der Waals surface area contributed by atoms with Gasteiger partial charge in [0.05, 0.1) is 13.7 Å². The van der Waals surface area contributed by atoms with Crippen LogP contribution in [0.2, 0.25) is 0 Å². The number of furan rings is 1. The van der Waals surface area contributed by atoms with E-state index in [0.717, 1.165) is 0 Å². The average Bonchev–Trinajstić information content (AvgIpc) is 2.88. The molecular formula is C14H16N2O4. The molecule has 20 heavy (non-hydrogen) atoms. The molecule has 0 bridgehead atoms. The van der Waals surface area contributed by atoms with Gasteiger partial charge in [-0.2, -0.15) is 0 Å². The molecule has 0 fully saturated rings. The Bertz CT molecular complexity index is 670. The van der Waals surface area contributed by atoms with Crippen molar-refractivity contribution in [2.24, 2.45) is 0 Å². The number of hydrogen-bond acceptors (Lipinski definition) is 4. The summed E-state index contributed by atoms with van der Waals surface area (Å²) in [5.74, 6) is 0.837. The molecule has 0 aliphatic heterocycles. The Morgan fingerprint density at radius 3 is 2.75 bits per heavy atom. The van der Waals surface area contributed by atoms with E-state index in [9.17, 15) is 9.59 Å². The molecule has 6 nitrogen and oxygen atoms in total. The number of methoxy groups -OCH3 is 1. The zero-order chi connectivity index (χ0) is 14.7. The lowest BCUT2D eigenvalue weighted by Gasteiger charge is -2.07. The molecule has 1 amide bonds. The van der Waals surface area contributed by atoms with Crippen molar-refractivity contribution in [3.8, 4) is 5.75 Å². The van der Waals surface area contributed by atoms with Gasteiger partial charge in [0.1, 0.15) is 5.76 Å². The molecule has 0 radical (unpaired) electrons. The Hall–Kier alpha value is -2.50. The van der Waals surface area contributed by atoms with Crippen LogP contribution in [0.3, 0.4) is 0 Å². The van der Waals surface area contributed by atoms with Crippen LogP contribution in [-0.4, -0.2) is 36.6 Å². The van der Waals surface area contributed by atoms with E-state index in [0.29, 0.717) is 5.76 Å². The second kappa shape index (κ2) is 5.64. The van der Waals surface area contributed by atoms with Gasteiger partial charge in [-0.3, -0.25) is 9.59 Å². The first-order chi connectivity index (χ1) is 9.52. The molecule has 0 unspecified atom stereocenters. The van der Waals surface area contributed by atoms with Crippen LogP contribution >= 0.6 is 0 Å². The van der Waals surface area contributed by atoms with Crippen LogP contribution in [0.25, 0.3) is 0 Å². The predicted molar refractivity (Wildman–Crippen MR) is 73.1 cm³/mol. The number of amides is 1. The second-order valence-corrected chi connectivity index (χ2v) is 4.48. The highest BCUT2D eigenvalue weighted by Gasteiger charge is 2.13. The summed E-state index contributed by atoms with van der Waals surface area (Å²) >= 11 is 0. The van der Waals surface area contributed by atoms with Gasteiger partial charge in [0.2, 0.25) is 0 Å². The van der Waals surface area contributed by atoms with E-state index in [-0.39, 0.29) is 29.5 Å². The molecule has 0 atom stereocenters. The molecule has 0 spiro atoms. The Kier molecular flexibility index (Phi) is 3.93. The molecule has 0 aliphatic rings. The third-order valence-electron chi connectivity index (χ3n) is 2.81. The van der Waals surface area contributed by atoms with Gasteiger partial charge >= 0.3 is 0 Å². The van der Waals surface area contributed by atoms with Crippen LogP contribution in [-0.2, 0) is 6.54 Å². The summed E-state index contributed by atoms with van der Waals surface area (Å²) in [5.41, 5.74) is -0.244. The first kappa shape index (κ1) is 13.9. The number of carbonyl (C=O) groups is 1. The van der Waals surface area contributed by atoms with Crippen molar-refractivity contribution >= 4 is 5.91 Å². The molecule has 0 aromatic carbocycles. The average molecular weight is 276 g/mol. The Labute approximate surface area is 116 Å². The molecule has 0 N–H and O–H groups in total. The van der Waals surface area contributed by atoms with Crippen LogP contribution in [0, 0.1) is 0 Å². The summed E-state index contributed by atoms with van der Waals surface area (Å²) < 4.78 is 11.9. The van der Waals surface area contributed by atoms with Crippen LogP contribution in [0.1, 0.15) is 16.3 Å². The number of hydrogen-bond donors (Lipinski definition) is 0. The molecule has 0 aliphatic carbocycles. The minimum atomic E-state index is -0.244. The highest BCUT2D eigenvalue weighted by atomic mass is 16.5. The monoisotopic (exact) mass is 276 g/mol. The summed E-state index contributed by atoms with van der Waals surface area (Å²) in [6.45, 7) is 0.247. The van der Waals surface area contributed by atoms with E-state index < -0.39 is 0 Å². The Balaban J connectivity index is 2.23. The number of pyridine rings is 1. The molecule has 106 valence electrons. The van der Waals surface area contributed by atoms with Crippen molar-refractivity contribution in [2.75, 3.05) is 21.2 Å². The van der Waals surface area contributed by atoms with Crippen LogP contribution in [0.4, 0.5) is 0 Å². The van der Waals surface area contributed by atoms with Gasteiger partial charge in [0.15, 0.2) is 11.5 Å². The van der Waals surface area contributed by atoms with Crippen LogP contribution < -0.4 is 10.3 Å². The highest BCUT2D eigenvalue weighted by Crippen LogP contribution is 2.11. The Morgan fingerprint density at radius 1 is 1.35 bits per heavy atom. The van der Waals surface area contributed by atoms with Crippen molar-refractivity contribution in [3.63, 3.8) is 0 Å². The van der Waals surface area contributed by atoms with Crippen molar-refractivity contribution in [1.82, 2.24) is 9.47 Å². The van der Waals surface area contributed by atoms with Crippen LogP contribution in [0.5, 0.6) is 5.75 Å². The Morgan fingerprint density at radius 2 is 2.10 bits per heavy atom. The first-order valence-corrected chi connectivity index (χ1v) is 6.06. The topological polar surface area (TPSA) is 64.7 Å². The van der Waals surface area contributed by atoms with Gasteiger partial charge in [0, 0.05) is 20.3 Å². The summed E-state index contributed by atoms with van der Waals surface area (Å²) in [4.78, 5) is 25.1. The summed E-state index contributed by atoms with van der Waals surface area (Å²) in [5, 5.41) is 0. The molecule has 2 aromatic heterocycles. The van der Waals surface area contributed by atoms with E-state index in [4.69, 9.17) is 9.15 Å². The normalized spacial score (nSPS) is 10.3. The van der Waals surface area contributed by atoms with Crippen molar-refractivity contribution in [2.45, 2.75) is 6.54 Å². The van der Waals surface area contributed by atoms with E-state index >= 15 is 0 Å². The van der Waals surface area contributed by atoms with Gasteiger partial charge < -0.3 is 18.6 Å². The van der Waals surface area contributed by atoms with Gasteiger partial charge in [0.25, 0.3) is 11.5 Å². The second-order valence-electron chi connectivity index (χ2n) is 4.48. The molecule has 2 heterocycles. The standard InChI is InChI=1S/C14H16N2O4/c1-15(2)13(17)12-7-6-10(20-12)9-16-8-4-5-11(19-3)14(16)18/h4-8H,9H2,1-3H3. The molecule has 6 heteroatoms. The lowest BCUT2D eigenvalue weighted by molar-refractivity contribution is 0.0794. The third-order valence-corrected chi connectivity index (χ3v) is 2.81. The van der Waals surface area contributed by atoms with Crippen molar-refractivity contribution < 1.29 is 13.9 Å². The largest absolute Gasteiger partial charge is 0.491 e. The molecule has 2 rings (SSSR count). The fraction of sp³-hybridized carbons (Fsp3) is 0.286. The van der Waals surface area contributed by atoms with E-state index in [1.54, 1.807) is 44.6 Å². The van der Waals surface area contributed by atoms with Gasteiger partial charge in [-0.25, -0.2) is 0 Å². The number of rotatable bonds is 4. The lowest BCUT2D eigenvalue weighted by atomic mass is 10.3. The summed E-state index contributed by atoms with van der Waals surface area (Å²) in [6, 6.07) is 6.60. The first-order valence-electron chi connectivity index (χ1n) is 6.06. The zero-order valence-corrected chi connectivity index (χ0v) is 11.6. The molecule has 2 aromatic rings. The number of carbonyl (C=O) groups excluding carboxylic acids is 1. The highest BCUT2D eigenvalue weighted by molar-refractivity contribution is 5.91. The lowest BCUT2D eigenvalue weighted by Crippen LogP contribution is -2.21. The quantitative estimate of drug-likeness (QED) is 0.841. The molecule has 0 saturated carbocycles. The number of ether oxygens (including phenoxy) is 1. The fourth-order valence-corrected chi connectivity index (χ4v) is 1.76. The predicted octanol–water partition coefficient (Wildman–Crippen LogP) is 1.20. The fourth-order valence-electron chi connectivity index (χ4n) is 1.76. The van der Waals surface area contributed by atoms with Crippen molar-refractivity contribution in [1.29, 1.82) is 0 Å². The van der Waals surface area contributed by atoms with Gasteiger partial charge in [-0.15, -0.1) is 0 Å². The minimum Gasteiger partial charge on any atom is -0.491 e. The maximum atomic E-state index is 12.0. The minimum absolute atomic E-state index is 0.214. The smallest absolute Gasteiger partial charge is 0.293 e. The molecule has 0 saturated heterocycles. The van der Waals surface area contributed by atoms with Gasteiger partial charge in [-0.1, -0.05) is 0 Å². The van der Waals surface area contributed by atoms with Crippen LogP contribution in [0.15, 0.2) is 39.7 Å². The van der Waals surface area contributed by atoms with E-state index in [1.165, 1.54) is 16.6 Å². The number of aromatic nitrogens is 1. The molecular weight excluding hydrogens is 260 g/mol. The number of nitrogens with zero attached hydrogens (tertiary/aromatic N) is 2.